The molecule has 8 nitrogen and oxygen atoms in total. The fourth-order valence-electron chi connectivity index (χ4n) is 3.60. The van der Waals surface area contributed by atoms with E-state index < -0.39 is 15.9 Å². The Morgan fingerprint density at radius 3 is 2.50 bits per heavy atom. The minimum absolute atomic E-state index is 0.0943. The molecular weight excluding hydrogens is 430 g/mol. The highest BCUT2D eigenvalue weighted by Gasteiger charge is 2.33. The van der Waals surface area contributed by atoms with Crippen LogP contribution in [0.5, 0.6) is 0 Å². The van der Waals surface area contributed by atoms with Gasteiger partial charge in [0.25, 0.3) is 15.9 Å². The first kappa shape index (κ1) is 21.4. The van der Waals surface area contributed by atoms with Crippen LogP contribution in [0.15, 0.2) is 88.9 Å². The predicted octanol–water partition coefficient (Wildman–Crippen LogP) is 3.47. The number of hydrogen-bond donors (Lipinski definition) is 2. The molecule has 0 saturated heterocycles. The van der Waals surface area contributed by atoms with Gasteiger partial charge in [0.2, 0.25) is 5.91 Å². The summed E-state index contributed by atoms with van der Waals surface area (Å²) >= 11 is 0. The SMILES string of the molecule is C=CC(=O)NC1CCN(S(=O)(=O)c2ccc(NC(=O)c3ccco3)cc2)c2ccccc21. The molecule has 2 N–H and O–H groups in total. The number of rotatable bonds is 6. The first-order chi connectivity index (χ1) is 15.4. The lowest BCUT2D eigenvalue weighted by Crippen LogP contribution is -2.40. The molecule has 2 amide bonds. The number of nitrogens with zero attached hydrogens (tertiary/aromatic N) is 1. The average molecular weight is 452 g/mol. The Hall–Kier alpha value is -3.85. The second kappa shape index (κ2) is 8.72. The van der Waals surface area contributed by atoms with Crippen LogP contribution >= 0.6 is 0 Å². The van der Waals surface area contributed by atoms with Gasteiger partial charge < -0.3 is 15.1 Å². The lowest BCUT2D eigenvalue weighted by Gasteiger charge is -2.35. The monoisotopic (exact) mass is 451 g/mol. The molecule has 1 aliphatic heterocycles. The van der Waals surface area contributed by atoms with Crippen LogP contribution in [0.25, 0.3) is 0 Å². The number of furan rings is 1. The maximum absolute atomic E-state index is 13.4. The molecule has 164 valence electrons. The quantitative estimate of drug-likeness (QED) is 0.558. The van der Waals surface area contributed by atoms with Gasteiger partial charge in [0, 0.05) is 12.2 Å². The summed E-state index contributed by atoms with van der Waals surface area (Å²) < 4.78 is 33.1. The van der Waals surface area contributed by atoms with E-state index in [1.807, 2.05) is 0 Å². The lowest BCUT2D eigenvalue weighted by atomic mass is 9.98. The highest BCUT2D eigenvalue weighted by molar-refractivity contribution is 7.92. The molecule has 0 radical (unpaired) electrons. The number of hydrogen-bond acceptors (Lipinski definition) is 5. The van der Waals surface area contributed by atoms with Gasteiger partial charge in [-0.1, -0.05) is 24.8 Å². The lowest BCUT2D eigenvalue weighted by molar-refractivity contribution is -0.117. The highest BCUT2D eigenvalue weighted by Crippen LogP contribution is 2.37. The number of benzene rings is 2. The van der Waals surface area contributed by atoms with Gasteiger partial charge in [-0.2, -0.15) is 0 Å². The Morgan fingerprint density at radius 2 is 1.81 bits per heavy atom. The molecule has 0 spiro atoms. The third kappa shape index (κ3) is 4.15. The van der Waals surface area contributed by atoms with Crippen LogP contribution in [0.3, 0.4) is 0 Å². The van der Waals surface area contributed by atoms with Crippen LogP contribution in [0.2, 0.25) is 0 Å². The second-order valence-electron chi connectivity index (χ2n) is 7.15. The zero-order valence-electron chi connectivity index (χ0n) is 17.0. The van der Waals surface area contributed by atoms with Crippen LogP contribution in [-0.4, -0.2) is 26.8 Å². The average Bonchev–Trinajstić information content (AvgIpc) is 3.34. The largest absolute Gasteiger partial charge is 0.459 e. The summed E-state index contributed by atoms with van der Waals surface area (Å²) in [5, 5.41) is 5.51. The summed E-state index contributed by atoms with van der Waals surface area (Å²) in [5.74, 6) is -0.582. The van der Waals surface area contributed by atoms with Crippen LogP contribution < -0.4 is 14.9 Å². The van der Waals surface area contributed by atoms with Crippen molar-refractivity contribution in [1.82, 2.24) is 5.32 Å². The fraction of sp³-hybridized carbons (Fsp3) is 0.130. The normalized spacial score (nSPS) is 15.5. The number of amides is 2. The van der Waals surface area contributed by atoms with Crippen molar-refractivity contribution in [2.45, 2.75) is 17.4 Å². The van der Waals surface area contributed by atoms with Gasteiger partial charge in [0.1, 0.15) is 0 Å². The van der Waals surface area contributed by atoms with Gasteiger partial charge in [0.05, 0.1) is 22.9 Å². The summed E-state index contributed by atoms with van der Waals surface area (Å²) in [5.41, 5.74) is 1.68. The molecule has 2 aromatic carbocycles. The summed E-state index contributed by atoms with van der Waals surface area (Å²) in [6.07, 6.45) is 3.01. The Balaban J connectivity index is 1.57. The molecule has 1 aromatic heterocycles. The van der Waals surface area contributed by atoms with E-state index in [1.165, 1.54) is 47.0 Å². The maximum Gasteiger partial charge on any atom is 0.291 e. The standard InChI is InChI=1S/C23H21N3O5S/c1-2-22(27)25-19-13-14-26(20-7-4-3-6-18(19)20)32(29,30)17-11-9-16(10-12-17)24-23(28)21-8-5-15-31-21/h2-12,15,19H,1,13-14H2,(H,24,28)(H,25,27). The van der Waals surface area contributed by atoms with E-state index in [0.717, 1.165) is 5.56 Å². The summed E-state index contributed by atoms with van der Waals surface area (Å²) in [7, 11) is -3.85. The minimum Gasteiger partial charge on any atom is -0.459 e. The van der Waals surface area contributed by atoms with Crippen molar-refractivity contribution in [3.63, 3.8) is 0 Å². The topological polar surface area (TPSA) is 109 Å². The molecule has 0 saturated carbocycles. The molecule has 3 aromatic rings. The maximum atomic E-state index is 13.4. The Bertz CT molecular complexity index is 1250. The van der Waals surface area contributed by atoms with Gasteiger partial charge in [-0.3, -0.25) is 13.9 Å². The van der Waals surface area contributed by atoms with Crippen molar-refractivity contribution in [3.8, 4) is 0 Å². The fourth-order valence-corrected chi connectivity index (χ4v) is 5.11. The number of anilines is 2. The van der Waals surface area contributed by atoms with Crippen LogP contribution in [0, 0.1) is 0 Å². The Labute approximate surface area is 185 Å². The molecule has 0 aliphatic carbocycles. The van der Waals surface area contributed by atoms with Crippen LogP contribution in [-0.2, 0) is 14.8 Å². The number of fused-ring (bicyclic) bond motifs is 1. The number of sulfonamides is 1. The summed E-state index contributed by atoms with van der Waals surface area (Å²) in [6, 6.07) is 15.9. The van der Waals surface area contributed by atoms with Gasteiger partial charge in [-0.15, -0.1) is 0 Å². The third-order valence-electron chi connectivity index (χ3n) is 5.15. The van der Waals surface area contributed by atoms with E-state index in [4.69, 9.17) is 4.42 Å². The van der Waals surface area contributed by atoms with E-state index in [1.54, 1.807) is 30.3 Å². The predicted molar refractivity (Wildman–Crippen MR) is 120 cm³/mol. The number of carbonyl (C=O) groups is 2. The molecule has 1 unspecified atom stereocenters. The van der Waals surface area contributed by atoms with Gasteiger partial charge in [-0.25, -0.2) is 8.42 Å². The first-order valence-corrected chi connectivity index (χ1v) is 11.3. The zero-order valence-corrected chi connectivity index (χ0v) is 17.8. The van der Waals surface area contributed by atoms with E-state index in [2.05, 4.69) is 17.2 Å². The first-order valence-electron chi connectivity index (χ1n) is 9.89. The molecule has 9 heteroatoms. The number of para-hydroxylation sites is 1. The molecule has 0 bridgehead atoms. The van der Waals surface area contributed by atoms with Gasteiger partial charge in [-0.05, 0) is 60.5 Å². The van der Waals surface area contributed by atoms with Crippen molar-refractivity contribution < 1.29 is 22.4 Å². The molecular formula is C23H21N3O5S. The Morgan fingerprint density at radius 1 is 1.06 bits per heavy atom. The minimum atomic E-state index is -3.85. The van der Waals surface area contributed by atoms with Crippen molar-refractivity contribution in [2.75, 3.05) is 16.2 Å². The van der Waals surface area contributed by atoms with Crippen LogP contribution in [0.1, 0.15) is 28.6 Å². The molecule has 4 rings (SSSR count). The van der Waals surface area contributed by atoms with Crippen molar-refractivity contribution >= 4 is 33.2 Å². The van der Waals surface area contributed by atoms with E-state index >= 15 is 0 Å². The smallest absolute Gasteiger partial charge is 0.291 e. The molecule has 0 fully saturated rings. The molecule has 32 heavy (non-hydrogen) atoms. The van der Waals surface area contributed by atoms with Gasteiger partial charge >= 0.3 is 0 Å². The van der Waals surface area contributed by atoms with Gasteiger partial charge in [0.15, 0.2) is 5.76 Å². The van der Waals surface area contributed by atoms with E-state index in [0.29, 0.717) is 17.8 Å². The molecule has 1 atom stereocenters. The van der Waals surface area contributed by atoms with Crippen molar-refractivity contribution in [1.29, 1.82) is 0 Å². The Kier molecular flexibility index (Phi) is 5.83. The second-order valence-corrected chi connectivity index (χ2v) is 9.01. The number of carbonyl (C=O) groups excluding carboxylic acids is 2. The zero-order chi connectivity index (χ0) is 22.7. The third-order valence-corrected chi connectivity index (χ3v) is 6.98. The van der Waals surface area contributed by atoms with Crippen LogP contribution in [0.4, 0.5) is 11.4 Å². The van der Waals surface area contributed by atoms with E-state index in [9.17, 15) is 18.0 Å². The van der Waals surface area contributed by atoms with Crippen molar-refractivity contribution in [3.05, 3.63) is 90.9 Å². The van der Waals surface area contributed by atoms with E-state index in [-0.39, 0.29) is 29.1 Å². The molecule has 1 aliphatic rings. The summed E-state index contributed by atoms with van der Waals surface area (Å²) in [6.45, 7) is 3.67. The summed E-state index contributed by atoms with van der Waals surface area (Å²) in [4.78, 5) is 24.0. The highest BCUT2D eigenvalue weighted by atomic mass is 32.2. The number of nitrogens with one attached hydrogen (secondary N) is 2. The van der Waals surface area contributed by atoms with Crippen molar-refractivity contribution in [2.24, 2.45) is 0 Å². The molecule has 2 heterocycles.